The Hall–Kier alpha value is -2.71. The Morgan fingerprint density at radius 3 is 2.70 bits per heavy atom. The number of hydrogen-bond donors (Lipinski definition) is 1. The third-order valence-electron chi connectivity index (χ3n) is 4.58. The van der Waals surface area contributed by atoms with E-state index in [1.807, 2.05) is 12.1 Å². The molecule has 2 aliphatic rings. The molecule has 8 nitrogen and oxygen atoms in total. The number of guanidine groups is 1. The predicted molar refractivity (Wildman–Crippen MR) is 108 cm³/mol. The highest BCUT2D eigenvalue weighted by Crippen LogP contribution is 2.30. The standard InChI is InChI=1S/C19H26N6O2/c1-3-4-5-8-21-19(20)23-17-7-6-16(18(22-17)26-2)25-11-9-24(10-12-25)15-13-27-14-15/h3-8,15H,1,9-14H2,2H3,(H2,20,22,23)/b5-4+,21-8+. The molecule has 0 atom stereocenters. The first-order valence-corrected chi connectivity index (χ1v) is 8.99. The normalized spacial score (nSPS) is 19.6. The molecular weight excluding hydrogens is 344 g/mol. The first-order chi connectivity index (χ1) is 13.2. The molecule has 2 N–H and O–H groups in total. The maximum absolute atomic E-state index is 5.81. The molecule has 2 aliphatic heterocycles. The third-order valence-corrected chi connectivity index (χ3v) is 4.58. The van der Waals surface area contributed by atoms with Gasteiger partial charge in [0, 0.05) is 32.4 Å². The molecule has 0 aromatic carbocycles. The van der Waals surface area contributed by atoms with Gasteiger partial charge in [-0.3, -0.25) is 4.90 Å². The Labute approximate surface area is 159 Å². The number of ether oxygens (including phenoxy) is 2. The average Bonchev–Trinajstić information content (AvgIpc) is 2.64. The van der Waals surface area contributed by atoms with E-state index in [1.165, 1.54) is 0 Å². The Balaban J connectivity index is 1.66. The van der Waals surface area contributed by atoms with Gasteiger partial charge in [-0.2, -0.15) is 9.98 Å². The van der Waals surface area contributed by atoms with E-state index in [4.69, 9.17) is 15.2 Å². The molecule has 2 fully saturated rings. The van der Waals surface area contributed by atoms with Crippen LogP contribution in [0.25, 0.3) is 0 Å². The topological polar surface area (TPSA) is 88.6 Å². The molecule has 3 rings (SSSR count). The number of methoxy groups -OCH3 is 1. The van der Waals surface area contributed by atoms with Crippen LogP contribution in [0.3, 0.4) is 0 Å². The van der Waals surface area contributed by atoms with Crippen molar-refractivity contribution in [3.05, 3.63) is 36.9 Å². The van der Waals surface area contributed by atoms with E-state index in [2.05, 4.69) is 31.3 Å². The SMILES string of the molecule is C=C/C=C/C=N/C(N)=Nc1ccc(N2CCN(C3COC3)CC2)c(OC)n1. The molecule has 0 bridgehead atoms. The largest absolute Gasteiger partial charge is 0.479 e. The summed E-state index contributed by atoms with van der Waals surface area (Å²) in [6.45, 7) is 9.17. The summed E-state index contributed by atoms with van der Waals surface area (Å²) in [5.74, 6) is 1.13. The first kappa shape index (κ1) is 19.1. The number of nitrogens with two attached hydrogens (primary N) is 1. The quantitative estimate of drug-likeness (QED) is 0.462. The molecule has 144 valence electrons. The molecule has 3 heterocycles. The van der Waals surface area contributed by atoms with Crippen LogP contribution in [0.4, 0.5) is 11.5 Å². The number of pyridine rings is 1. The summed E-state index contributed by atoms with van der Waals surface area (Å²) in [4.78, 5) is 17.5. The zero-order chi connectivity index (χ0) is 19.1. The average molecular weight is 370 g/mol. The minimum absolute atomic E-state index is 0.127. The number of rotatable bonds is 6. The van der Waals surface area contributed by atoms with Crippen LogP contribution >= 0.6 is 0 Å². The molecule has 0 unspecified atom stereocenters. The van der Waals surface area contributed by atoms with Crippen molar-refractivity contribution in [3.8, 4) is 5.88 Å². The number of hydrogen-bond acceptors (Lipinski definition) is 6. The van der Waals surface area contributed by atoms with Crippen molar-refractivity contribution in [1.29, 1.82) is 0 Å². The first-order valence-electron chi connectivity index (χ1n) is 8.99. The zero-order valence-corrected chi connectivity index (χ0v) is 15.6. The Bertz CT molecular complexity index is 734. The van der Waals surface area contributed by atoms with E-state index < -0.39 is 0 Å². The Morgan fingerprint density at radius 1 is 1.30 bits per heavy atom. The maximum atomic E-state index is 5.81. The third kappa shape index (κ3) is 4.93. The predicted octanol–water partition coefficient (Wildman–Crippen LogP) is 1.37. The summed E-state index contributed by atoms with van der Waals surface area (Å²) in [6.07, 6.45) is 6.69. The van der Waals surface area contributed by atoms with Crippen molar-refractivity contribution >= 4 is 23.7 Å². The second-order valence-corrected chi connectivity index (χ2v) is 6.28. The van der Waals surface area contributed by atoms with E-state index in [1.54, 1.807) is 31.6 Å². The van der Waals surface area contributed by atoms with Crippen molar-refractivity contribution in [3.63, 3.8) is 0 Å². The van der Waals surface area contributed by atoms with Crippen LogP contribution in [0.1, 0.15) is 0 Å². The number of aromatic nitrogens is 1. The molecule has 1 aromatic rings. The van der Waals surface area contributed by atoms with Gasteiger partial charge in [0.05, 0.1) is 26.4 Å². The number of anilines is 1. The number of aliphatic imine (C=N–C) groups is 2. The van der Waals surface area contributed by atoms with E-state index in [-0.39, 0.29) is 5.96 Å². The van der Waals surface area contributed by atoms with Gasteiger partial charge >= 0.3 is 0 Å². The summed E-state index contributed by atoms with van der Waals surface area (Å²) < 4.78 is 10.8. The summed E-state index contributed by atoms with van der Waals surface area (Å²) in [6, 6.07) is 4.38. The van der Waals surface area contributed by atoms with E-state index >= 15 is 0 Å². The minimum Gasteiger partial charge on any atom is -0.479 e. The highest BCUT2D eigenvalue weighted by Gasteiger charge is 2.29. The van der Waals surface area contributed by atoms with E-state index in [0.717, 1.165) is 45.1 Å². The molecule has 27 heavy (non-hydrogen) atoms. The van der Waals surface area contributed by atoms with Crippen LogP contribution in [-0.2, 0) is 4.74 Å². The van der Waals surface area contributed by atoms with Gasteiger partial charge in [-0.05, 0) is 18.2 Å². The van der Waals surface area contributed by atoms with Gasteiger partial charge in [-0.1, -0.05) is 18.7 Å². The van der Waals surface area contributed by atoms with Gasteiger partial charge in [0.25, 0.3) is 0 Å². The van der Waals surface area contributed by atoms with Gasteiger partial charge in [-0.15, -0.1) is 0 Å². The fourth-order valence-electron chi connectivity index (χ4n) is 3.03. The van der Waals surface area contributed by atoms with Gasteiger partial charge in [-0.25, -0.2) is 4.99 Å². The molecule has 1 aromatic heterocycles. The highest BCUT2D eigenvalue weighted by molar-refractivity contribution is 5.91. The van der Waals surface area contributed by atoms with Crippen LogP contribution in [0.2, 0.25) is 0 Å². The van der Waals surface area contributed by atoms with Crippen molar-refractivity contribution in [2.75, 3.05) is 51.4 Å². The van der Waals surface area contributed by atoms with Crippen LogP contribution in [-0.4, -0.2) is 74.6 Å². The van der Waals surface area contributed by atoms with Gasteiger partial charge < -0.3 is 20.1 Å². The van der Waals surface area contributed by atoms with Crippen molar-refractivity contribution in [2.45, 2.75) is 6.04 Å². The number of nitrogens with zero attached hydrogens (tertiary/aromatic N) is 5. The van der Waals surface area contributed by atoms with Gasteiger partial charge in [0.15, 0.2) is 5.82 Å². The van der Waals surface area contributed by atoms with Crippen LogP contribution in [0.15, 0.2) is 46.9 Å². The molecule has 2 saturated heterocycles. The molecule has 8 heteroatoms. The minimum atomic E-state index is 0.127. The lowest BCUT2D eigenvalue weighted by Crippen LogP contribution is -2.56. The summed E-state index contributed by atoms with van der Waals surface area (Å²) >= 11 is 0. The Kier molecular flexibility index (Phi) is 6.56. The second kappa shape index (κ2) is 9.29. The lowest BCUT2D eigenvalue weighted by atomic mass is 10.1. The molecular formula is C19H26N6O2. The van der Waals surface area contributed by atoms with Crippen LogP contribution in [0.5, 0.6) is 5.88 Å². The maximum Gasteiger partial charge on any atom is 0.239 e. The van der Waals surface area contributed by atoms with Gasteiger partial charge in [0.1, 0.15) is 5.69 Å². The van der Waals surface area contributed by atoms with E-state index in [9.17, 15) is 0 Å². The highest BCUT2D eigenvalue weighted by atomic mass is 16.5. The lowest BCUT2D eigenvalue weighted by Gasteiger charge is -2.43. The number of allylic oxidation sites excluding steroid dienone is 3. The molecule has 0 amide bonds. The van der Waals surface area contributed by atoms with Gasteiger partial charge in [0.2, 0.25) is 11.8 Å². The monoisotopic (exact) mass is 370 g/mol. The van der Waals surface area contributed by atoms with Crippen LogP contribution in [0, 0.1) is 0 Å². The smallest absolute Gasteiger partial charge is 0.239 e. The lowest BCUT2D eigenvalue weighted by molar-refractivity contribution is -0.0660. The summed E-state index contributed by atoms with van der Waals surface area (Å²) in [7, 11) is 1.61. The van der Waals surface area contributed by atoms with Crippen molar-refractivity contribution < 1.29 is 9.47 Å². The zero-order valence-electron chi connectivity index (χ0n) is 15.6. The second-order valence-electron chi connectivity index (χ2n) is 6.28. The van der Waals surface area contributed by atoms with Crippen molar-refractivity contribution in [2.24, 2.45) is 15.7 Å². The molecule has 0 radical (unpaired) electrons. The molecule has 0 spiro atoms. The summed E-state index contributed by atoms with van der Waals surface area (Å²) in [5, 5.41) is 0. The van der Waals surface area contributed by atoms with E-state index in [0.29, 0.717) is 17.7 Å². The number of piperazine rings is 1. The molecule has 0 saturated carbocycles. The fourth-order valence-corrected chi connectivity index (χ4v) is 3.03. The fraction of sp³-hybridized carbons (Fsp3) is 0.421. The summed E-state index contributed by atoms with van der Waals surface area (Å²) in [5.41, 5.74) is 6.78. The van der Waals surface area contributed by atoms with Crippen LogP contribution < -0.4 is 15.4 Å². The Morgan fingerprint density at radius 2 is 2.07 bits per heavy atom. The van der Waals surface area contributed by atoms with Crippen molar-refractivity contribution in [1.82, 2.24) is 9.88 Å². The molecule has 0 aliphatic carbocycles.